The Morgan fingerprint density at radius 2 is 2.35 bits per heavy atom. The van der Waals surface area contributed by atoms with Gasteiger partial charge < -0.3 is 15.4 Å². The molecule has 0 aromatic carbocycles. The van der Waals surface area contributed by atoms with E-state index in [0.29, 0.717) is 30.4 Å². The lowest BCUT2D eigenvalue weighted by Gasteiger charge is -2.07. The highest BCUT2D eigenvalue weighted by molar-refractivity contribution is 5.80. The van der Waals surface area contributed by atoms with Crippen LogP contribution in [0, 0.1) is 6.92 Å². The number of rotatable bonds is 6. The topological polar surface area (TPSA) is 113 Å². The van der Waals surface area contributed by atoms with Crippen molar-refractivity contribution in [1.82, 2.24) is 24.9 Å². The van der Waals surface area contributed by atoms with Crippen molar-refractivity contribution in [3.8, 4) is 0 Å². The second-order valence-electron chi connectivity index (χ2n) is 4.11. The minimum atomic E-state index is -0.339. The number of anilines is 1. The molecule has 2 aromatic heterocycles. The number of aromatic nitrogens is 4. The molecule has 0 bridgehead atoms. The Morgan fingerprint density at radius 3 is 3.10 bits per heavy atom. The molecule has 2 heterocycles. The first-order valence-corrected chi connectivity index (χ1v) is 6.06. The van der Waals surface area contributed by atoms with Gasteiger partial charge in [0.1, 0.15) is 11.6 Å². The van der Waals surface area contributed by atoms with Gasteiger partial charge in [0.2, 0.25) is 5.91 Å². The SMILES string of the molecule is COCCNC(=O)CNc1cc2n[nH]c(=O)n2c(C)n1. The van der Waals surface area contributed by atoms with Gasteiger partial charge in [0.25, 0.3) is 0 Å². The van der Waals surface area contributed by atoms with E-state index in [4.69, 9.17) is 4.74 Å². The van der Waals surface area contributed by atoms with Gasteiger partial charge in [-0.25, -0.2) is 19.3 Å². The Labute approximate surface area is 114 Å². The first-order valence-electron chi connectivity index (χ1n) is 6.06. The Kier molecular flexibility index (Phi) is 4.31. The largest absolute Gasteiger partial charge is 0.383 e. The molecule has 0 radical (unpaired) electrons. The van der Waals surface area contributed by atoms with Crippen LogP contribution in [0.2, 0.25) is 0 Å². The van der Waals surface area contributed by atoms with Gasteiger partial charge in [0.15, 0.2) is 5.65 Å². The number of aromatic amines is 1. The molecule has 0 saturated carbocycles. The van der Waals surface area contributed by atoms with Crippen molar-refractivity contribution in [2.75, 3.05) is 32.1 Å². The summed E-state index contributed by atoms with van der Waals surface area (Å²) in [5.74, 6) is 0.806. The second-order valence-corrected chi connectivity index (χ2v) is 4.11. The van der Waals surface area contributed by atoms with Gasteiger partial charge >= 0.3 is 5.69 Å². The summed E-state index contributed by atoms with van der Waals surface area (Å²) in [6.45, 7) is 2.69. The molecule has 2 rings (SSSR count). The molecule has 0 aliphatic rings. The third kappa shape index (κ3) is 3.12. The predicted molar refractivity (Wildman–Crippen MR) is 71.7 cm³/mol. The molecular formula is C11H16N6O3. The highest BCUT2D eigenvalue weighted by Crippen LogP contribution is 2.07. The van der Waals surface area contributed by atoms with Gasteiger partial charge in [-0.1, -0.05) is 0 Å². The number of H-pyrrole nitrogens is 1. The molecule has 20 heavy (non-hydrogen) atoms. The normalized spacial score (nSPS) is 10.7. The van der Waals surface area contributed by atoms with E-state index < -0.39 is 0 Å². The molecule has 9 heteroatoms. The van der Waals surface area contributed by atoms with Crippen LogP contribution in [0.1, 0.15) is 5.82 Å². The number of carbonyl (C=O) groups excluding carboxylic acids is 1. The zero-order valence-corrected chi connectivity index (χ0v) is 11.3. The highest BCUT2D eigenvalue weighted by atomic mass is 16.5. The Morgan fingerprint density at radius 1 is 1.55 bits per heavy atom. The van der Waals surface area contributed by atoms with Gasteiger partial charge in [-0.3, -0.25) is 4.79 Å². The van der Waals surface area contributed by atoms with Crippen LogP contribution >= 0.6 is 0 Å². The van der Waals surface area contributed by atoms with E-state index in [1.807, 2.05) is 0 Å². The van der Waals surface area contributed by atoms with Crippen molar-refractivity contribution in [2.24, 2.45) is 0 Å². The van der Waals surface area contributed by atoms with E-state index in [1.165, 1.54) is 4.40 Å². The number of hydrogen-bond acceptors (Lipinski definition) is 6. The standard InChI is InChI=1S/C11H16N6O3/c1-7-14-8(5-9-15-16-11(19)17(7)9)13-6-10(18)12-3-4-20-2/h5,13H,3-4,6H2,1-2H3,(H,12,18)(H,16,19). The molecule has 0 fully saturated rings. The third-order valence-electron chi connectivity index (χ3n) is 2.63. The molecular weight excluding hydrogens is 264 g/mol. The lowest BCUT2D eigenvalue weighted by molar-refractivity contribution is -0.119. The van der Waals surface area contributed by atoms with Gasteiger partial charge in [0.05, 0.1) is 13.2 Å². The van der Waals surface area contributed by atoms with Crippen molar-refractivity contribution < 1.29 is 9.53 Å². The smallest absolute Gasteiger partial charge is 0.349 e. The van der Waals surface area contributed by atoms with Crippen LogP contribution in [0.3, 0.4) is 0 Å². The van der Waals surface area contributed by atoms with E-state index in [2.05, 4.69) is 25.8 Å². The Balaban J connectivity index is 2.00. The maximum absolute atomic E-state index is 11.5. The number of nitrogens with zero attached hydrogens (tertiary/aromatic N) is 3. The third-order valence-corrected chi connectivity index (χ3v) is 2.63. The number of nitrogens with one attached hydrogen (secondary N) is 3. The fraction of sp³-hybridized carbons (Fsp3) is 0.455. The average Bonchev–Trinajstić information content (AvgIpc) is 2.79. The highest BCUT2D eigenvalue weighted by Gasteiger charge is 2.07. The van der Waals surface area contributed by atoms with Crippen LogP contribution in [0.15, 0.2) is 10.9 Å². The van der Waals surface area contributed by atoms with E-state index in [1.54, 1.807) is 20.1 Å². The summed E-state index contributed by atoms with van der Waals surface area (Å²) in [4.78, 5) is 27.1. The molecule has 0 spiro atoms. The minimum Gasteiger partial charge on any atom is -0.383 e. The molecule has 2 aromatic rings. The van der Waals surface area contributed by atoms with E-state index in [-0.39, 0.29) is 18.1 Å². The number of aryl methyl sites for hydroxylation is 1. The number of fused-ring (bicyclic) bond motifs is 1. The summed E-state index contributed by atoms with van der Waals surface area (Å²) in [6, 6.07) is 1.59. The lowest BCUT2D eigenvalue weighted by atomic mass is 10.4. The summed E-state index contributed by atoms with van der Waals surface area (Å²) in [5.41, 5.74) is 0.110. The van der Waals surface area contributed by atoms with E-state index in [9.17, 15) is 9.59 Å². The summed E-state index contributed by atoms with van der Waals surface area (Å²) in [7, 11) is 1.57. The number of methoxy groups -OCH3 is 1. The predicted octanol–water partition coefficient (Wildman–Crippen LogP) is -1.10. The average molecular weight is 280 g/mol. The molecule has 3 N–H and O–H groups in total. The van der Waals surface area contributed by atoms with Crippen LogP contribution in [0.25, 0.3) is 5.65 Å². The number of ether oxygens (including phenoxy) is 1. The van der Waals surface area contributed by atoms with Crippen LogP contribution in [-0.2, 0) is 9.53 Å². The van der Waals surface area contributed by atoms with Gasteiger partial charge in [-0.2, -0.15) is 5.10 Å². The zero-order chi connectivity index (χ0) is 14.5. The minimum absolute atomic E-state index is 0.0843. The van der Waals surface area contributed by atoms with Gasteiger partial charge in [0, 0.05) is 19.7 Å². The van der Waals surface area contributed by atoms with E-state index >= 15 is 0 Å². The van der Waals surface area contributed by atoms with Gasteiger partial charge in [-0.15, -0.1) is 0 Å². The van der Waals surface area contributed by atoms with Crippen molar-refractivity contribution in [3.05, 3.63) is 22.4 Å². The summed E-state index contributed by atoms with van der Waals surface area (Å²) < 4.78 is 6.18. The van der Waals surface area contributed by atoms with Gasteiger partial charge in [-0.05, 0) is 6.92 Å². The summed E-state index contributed by atoms with van der Waals surface area (Å²) in [6.07, 6.45) is 0. The monoisotopic (exact) mass is 280 g/mol. The molecule has 0 aliphatic heterocycles. The second kappa shape index (κ2) is 6.15. The molecule has 1 amide bonds. The van der Waals surface area contributed by atoms with Crippen molar-refractivity contribution in [3.63, 3.8) is 0 Å². The number of hydrogen-bond donors (Lipinski definition) is 3. The summed E-state index contributed by atoms with van der Waals surface area (Å²) in [5, 5.41) is 11.8. The fourth-order valence-electron chi connectivity index (χ4n) is 1.71. The van der Waals surface area contributed by atoms with Crippen LogP contribution in [0.4, 0.5) is 5.82 Å². The number of amides is 1. The van der Waals surface area contributed by atoms with Crippen LogP contribution in [0.5, 0.6) is 0 Å². The molecule has 0 unspecified atom stereocenters. The quantitative estimate of drug-likeness (QED) is 0.579. The van der Waals surface area contributed by atoms with Crippen LogP contribution in [-0.4, -0.2) is 52.3 Å². The maximum atomic E-state index is 11.5. The molecule has 108 valence electrons. The number of carbonyl (C=O) groups is 1. The Hall–Kier alpha value is -2.42. The molecule has 9 nitrogen and oxygen atoms in total. The zero-order valence-electron chi connectivity index (χ0n) is 11.3. The molecule has 0 saturated heterocycles. The van der Waals surface area contributed by atoms with Crippen molar-refractivity contribution in [2.45, 2.75) is 6.92 Å². The first-order chi connectivity index (χ1) is 9.61. The van der Waals surface area contributed by atoms with Crippen LogP contribution < -0.4 is 16.3 Å². The summed E-state index contributed by atoms with van der Waals surface area (Å²) >= 11 is 0. The molecule has 0 atom stereocenters. The van der Waals surface area contributed by atoms with E-state index in [0.717, 1.165) is 0 Å². The lowest BCUT2D eigenvalue weighted by Crippen LogP contribution is -2.32. The first kappa shape index (κ1) is 14.0. The fourth-order valence-corrected chi connectivity index (χ4v) is 1.71. The van der Waals surface area contributed by atoms with Crippen molar-refractivity contribution >= 4 is 17.4 Å². The maximum Gasteiger partial charge on any atom is 0.349 e. The van der Waals surface area contributed by atoms with Crippen molar-refractivity contribution in [1.29, 1.82) is 0 Å². The Bertz CT molecular complexity index is 662. The molecule has 0 aliphatic carbocycles.